The lowest BCUT2D eigenvalue weighted by molar-refractivity contribution is -0.0712. The fraction of sp³-hybridized carbons (Fsp3) is 0.391. The summed E-state index contributed by atoms with van der Waals surface area (Å²) in [5.74, 6) is -0.171. The Bertz CT molecular complexity index is 1100. The Morgan fingerprint density at radius 3 is 2.73 bits per heavy atom. The number of likely N-dealkylation sites (tertiary alicyclic amines) is 1. The van der Waals surface area contributed by atoms with Gasteiger partial charge >= 0.3 is 0 Å². The van der Waals surface area contributed by atoms with E-state index in [4.69, 9.17) is 4.52 Å². The summed E-state index contributed by atoms with van der Waals surface area (Å²) in [6.45, 7) is 4.60. The van der Waals surface area contributed by atoms with Crippen LogP contribution in [-0.2, 0) is 5.72 Å². The molecule has 30 heavy (non-hydrogen) atoms. The highest BCUT2D eigenvalue weighted by atomic mass is 19.1. The zero-order valence-corrected chi connectivity index (χ0v) is 16.8. The largest absolute Gasteiger partial charge is 0.367 e. The highest BCUT2D eigenvalue weighted by Gasteiger charge is 2.44. The Balaban J connectivity index is 1.21. The highest BCUT2D eigenvalue weighted by molar-refractivity contribution is 5.99. The Labute approximate surface area is 173 Å². The van der Waals surface area contributed by atoms with E-state index in [1.54, 1.807) is 24.0 Å². The summed E-state index contributed by atoms with van der Waals surface area (Å²) in [6.07, 6.45) is 1.84. The van der Waals surface area contributed by atoms with Crippen molar-refractivity contribution in [2.45, 2.75) is 31.4 Å². The number of nitrogens with zero attached hydrogens (tertiary/aromatic N) is 3. The van der Waals surface area contributed by atoms with Gasteiger partial charge in [-0.3, -0.25) is 4.79 Å². The molecule has 1 saturated heterocycles. The first kappa shape index (κ1) is 19.2. The summed E-state index contributed by atoms with van der Waals surface area (Å²) in [5, 5.41) is 16.0. The number of carbonyl (C=O) groups excluding carboxylic acids is 1. The van der Waals surface area contributed by atoms with Crippen molar-refractivity contribution in [2.24, 2.45) is 0 Å². The number of amides is 1. The van der Waals surface area contributed by atoms with Crippen LogP contribution < -0.4 is 0 Å². The highest BCUT2D eigenvalue weighted by Crippen LogP contribution is 2.37. The maximum Gasteiger partial charge on any atom is 0.256 e. The molecule has 1 fully saturated rings. The summed E-state index contributed by atoms with van der Waals surface area (Å²) in [6, 6.07) is 11.8. The van der Waals surface area contributed by atoms with Gasteiger partial charge in [-0.25, -0.2) is 4.39 Å². The van der Waals surface area contributed by atoms with Crippen molar-refractivity contribution in [3.8, 4) is 0 Å². The second-order valence-electron chi connectivity index (χ2n) is 8.35. The molecule has 7 heteroatoms. The minimum absolute atomic E-state index is 0.119. The first-order valence-corrected chi connectivity index (χ1v) is 10.4. The van der Waals surface area contributed by atoms with Gasteiger partial charge in [-0.1, -0.05) is 23.4 Å². The van der Waals surface area contributed by atoms with Crippen molar-refractivity contribution in [3.63, 3.8) is 0 Å². The first-order chi connectivity index (χ1) is 14.4. The first-order valence-electron chi connectivity index (χ1n) is 10.4. The van der Waals surface area contributed by atoms with Gasteiger partial charge in [-0.15, -0.1) is 0 Å². The van der Waals surface area contributed by atoms with Crippen LogP contribution in [0.15, 0.2) is 47.0 Å². The Morgan fingerprint density at radius 2 is 1.97 bits per heavy atom. The SMILES string of the molecule is CC1(O)c2ccccc2C(=O)N1CCN1CCC(c2noc3cc(F)ccc23)CC1. The lowest BCUT2D eigenvalue weighted by Gasteiger charge is -2.35. The number of rotatable bonds is 4. The van der Waals surface area contributed by atoms with Crippen LogP contribution in [0.25, 0.3) is 11.0 Å². The fourth-order valence-corrected chi connectivity index (χ4v) is 4.79. The summed E-state index contributed by atoms with van der Waals surface area (Å²) >= 11 is 0. The molecule has 1 aromatic heterocycles. The van der Waals surface area contributed by atoms with Gasteiger partial charge in [0.05, 0.1) is 5.69 Å². The number of piperidine rings is 1. The topological polar surface area (TPSA) is 69.8 Å². The molecule has 2 aliphatic heterocycles. The zero-order valence-electron chi connectivity index (χ0n) is 16.8. The van der Waals surface area contributed by atoms with Crippen molar-refractivity contribution in [2.75, 3.05) is 26.2 Å². The molecule has 0 radical (unpaired) electrons. The molecule has 0 spiro atoms. The van der Waals surface area contributed by atoms with E-state index in [1.807, 2.05) is 18.2 Å². The molecule has 2 aromatic carbocycles. The van der Waals surface area contributed by atoms with Gasteiger partial charge in [0.15, 0.2) is 11.3 Å². The van der Waals surface area contributed by atoms with Gasteiger partial charge in [-0.2, -0.15) is 0 Å². The third-order valence-corrected chi connectivity index (χ3v) is 6.51. The summed E-state index contributed by atoms with van der Waals surface area (Å²) in [5.41, 5.74) is 1.36. The van der Waals surface area contributed by atoms with E-state index in [0.29, 0.717) is 29.8 Å². The molecule has 5 rings (SSSR count). The Morgan fingerprint density at radius 1 is 1.20 bits per heavy atom. The zero-order chi connectivity index (χ0) is 20.9. The summed E-state index contributed by atoms with van der Waals surface area (Å²) in [4.78, 5) is 16.6. The van der Waals surface area contributed by atoms with Crippen molar-refractivity contribution in [1.29, 1.82) is 0 Å². The van der Waals surface area contributed by atoms with Crippen LogP contribution in [0.2, 0.25) is 0 Å². The molecule has 3 heterocycles. The second-order valence-corrected chi connectivity index (χ2v) is 8.35. The molecule has 1 unspecified atom stereocenters. The molecule has 1 N–H and O–H groups in total. The number of hydrogen-bond donors (Lipinski definition) is 1. The number of fused-ring (bicyclic) bond motifs is 2. The van der Waals surface area contributed by atoms with Gasteiger partial charge < -0.3 is 19.4 Å². The second kappa shape index (κ2) is 7.18. The average Bonchev–Trinajstić information content (AvgIpc) is 3.24. The van der Waals surface area contributed by atoms with Gasteiger partial charge in [0.25, 0.3) is 5.91 Å². The van der Waals surface area contributed by atoms with Crippen LogP contribution in [0, 0.1) is 5.82 Å². The molecule has 1 atom stereocenters. The molecule has 0 saturated carbocycles. The normalized spacial score (nSPS) is 22.8. The third kappa shape index (κ3) is 3.09. The van der Waals surface area contributed by atoms with Crippen molar-refractivity contribution < 1.29 is 18.8 Å². The standard InChI is InChI=1S/C23H24FN3O3/c1-23(29)19-5-3-2-4-17(19)22(28)27(23)13-12-26-10-8-15(9-11-26)21-18-7-6-16(24)14-20(18)30-25-21/h2-7,14-15,29H,8-13H2,1H3. The molecule has 156 valence electrons. The van der Waals surface area contributed by atoms with E-state index in [2.05, 4.69) is 10.1 Å². The number of hydrogen-bond acceptors (Lipinski definition) is 5. The maximum atomic E-state index is 13.4. The number of aromatic nitrogens is 1. The van der Waals surface area contributed by atoms with Crippen LogP contribution in [-0.4, -0.2) is 52.1 Å². The summed E-state index contributed by atoms with van der Waals surface area (Å²) < 4.78 is 18.7. The van der Waals surface area contributed by atoms with Gasteiger partial charge in [-0.05, 0) is 51.1 Å². The molecule has 2 aliphatic rings. The van der Waals surface area contributed by atoms with E-state index in [1.165, 1.54) is 12.1 Å². The quantitative estimate of drug-likeness (QED) is 0.715. The fourth-order valence-electron chi connectivity index (χ4n) is 4.79. The van der Waals surface area contributed by atoms with Crippen LogP contribution in [0.4, 0.5) is 4.39 Å². The Hall–Kier alpha value is -2.77. The van der Waals surface area contributed by atoms with Crippen LogP contribution >= 0.6 is 0 Å². The predicted molar refractivity (Wildman–Crippen MR) is 109 cm³/mol. The predicted octanol–water partition coefficient (Wildman–Crippen LogP) is 3.47. The molecule has 6 nitrogen and oxygen atoms in total. The summed E-state index contributed by atoms with van der Waals surface area (Å²) in [7, 11) is 0. The number of carbonyl (C=O) groups is 1. The van der Waals surface area contributed by atoms with E-state index >= 15 is 0 Å². The number of benzene rings is 2. The molecule has 3 aromatic rings. The van der Waals surface area contributed by atoms with Crippen LogP contribution in [0.3, 0.4) is 0 Å². The van der Waals surface area contributed by atoms with E-state index in [0.717, 1.165) is 37.0 Å². The molecule has 0 bridgehead atoms. The minimum Gasteiger partial charge on any atom is -0.367 e. The van der Waals surface area contributed by atoms with Gasteiger partial charge in [0, 0.05) is 41.6 Å². The molecule has 1 amide bonds. The minimum atomic E-state index is -1.28. The average molecular weight is 409 g/mol. The lowest BCUT2D eigenvalue weighted by Crippen LogP contribution is -2.46. The lowest BCUT2D eigenvalue weighted by atomic mass is 9.91. The van der Waals surface area contributed by atoms with E-state index in [9.17, 15) is 14.3 Å². The van der Waals surface area contributed by atoms with Gasteiger partial charge in [0.2, 0.25) is 0 Å². The van der Waals surface area contributed by atoms with Crippen LogP contribution in [0.1, 0.15) is 47.3 Å². The van der Waals surface area contributed by atoms with Gasteiger partial charge in [0.1, 0.15) is 5.82 Å². The maximum absolute atomic E-state index is 13.4. The monoisotopic (exact) mass is 409 g/mol. The van der Waals surface area contributed by atoms with Crippen molar-refractivity contribution in [3.05, 3.63) is 65.1 Å². The number of aliphatic hydroxyl groups is 1. The molecular formula is C23H24FN3O3. The number of halogens is 1. The van der Waals surface area contributed by atoms with Crippen molar-refractivity contribution >= 4 is 16.9 Å². The molecular weight excluding hydrogens is 385 g/mol. The van der Waals surface area contributed by atoms with Crippen LogP contribution in [0.5, 0.6) is 0 Å². The van der Waals surface area contributed by atoms with Crippen molar-refractivity contribution in [1.82, 2.24) is 15.0 Å². The molecule has 0 aliphatic carbocycles. The van der Waals surface area contributed by atoms with E-state index < -0.39 is 5.72 Å². The Kier molecular flexibility index (Phi) is 4.60. The van der Waals surface area contributed by atoms with E-state index in [-0.39, 0.29) is 17.6 Å². The smallest absolute Gasteiger partial charge is 0.256 e. The third-order valence-electron chi connectivity index (χ3n) is 6.51.